The van der Waals surface area contributed by atoms with E-state index in [1.165, 1.54) is 12.3 Å². The maximum Gasteiger partial charge on any atom is 0.128 e. The number of aryl methyl sites for hydroxylation is 2. The SMILES string of the molecule is [2H]C([2H])([2H])c1c[c-]c(-c2ccc(C([2H])([2H])C(C)(C)C)cn2)cc1-c1ccccc1.[2H]C([2H])([2H])c1cnc(-c2[c-]ccc3c2oc2c4ccccc4ccc32)cc1C([2H])([2H])C1CCCC1.[Ir]. The summed E-state index contributed by atoms with van der Waals surface area (Å²) in [5.74, 6) is -0.212. The summed E-state index contributed by atoms with van der Waals surface area (Å²) in [6.45, 7) is 0.859. The standard InChI is InChI=1S/C28H24NO.C23H24N.Ir/c1-18-17-29-26(16-21(18)15-19-7-2-3-8-19)25-12-6-11-23-24-14-13-20-9-4-5-10-22(20)27(24)30-28(23)25;1-17-10-12-20(14-21(17)19-8-6-5-7-9-19)22-13-11-18(16-24-22)15-23(2,3)4;/h4-6,9-11,13-14,16-17,19H,2-3,7-8,15H2,1H3;5-11,13-14,16H,15H2,1-4H3;/q2*-1;/i2*1D3,15D2;. The molecule has 1 aliphatic rings. The van der Waals surface area contributed by atoms with Crippen molar-refractivity contribution in [2.45, 2.75) is 72.9 Å². The van der Waals surface area contributed by atoms with Crippen molar-refractivity contribution in [1.29, 1.82) is 0 Å². The smallest absolute Gasteiger partial charge is 0.128 e. The van der Waals surface area contributed by atoms with Gasteiger partial charge in [-0.05, 0) is 64.4 Å². The second kappa shape index (κ2) is 16.5. The van der Waals surface area contributed by atoms with Gasteiger partial charge in [-0.1, -0.05) is 160 Å². The molecule has 1 radical (unpaired) electrons. The number of fused-ring (bicyclic) bond motifs is 5. The minimum absolute atomic E-state index is 0. The molecule has 0 saturated heterocycles. The van der Waals surface area contributed by atoms with Crippen molar-refractivity contribution in [2.75, 3.05) is 0 Å². The molecule has 0 atom stereocenters. The van der Waals surface area contributed by atoms with E-state index in [0.717, 1.165) is 58.4 Å². The second-order valence-corrected chi connectivity index (χ2v) is 14.9. The van der Waals surface area contributed by atoms with E-state index in [1.807, 2.05) is 93.6 Å². The van der Waals surface area contributed by atoms with Gasteiger partial charge in [0.2, 0.25) is 0 Å². The van der Waals surface area contributed by atoms with Crippen LogP contribution in [0.25, 0.3) is 66.4 Å². The van der Waals surface area contributed by atoms with Gasteiger partial charge in [0.1, 0.15) is 5.58 Å². The Bertz CT molecular complexity index is 2970. The van der Waals surface area contributed by atoms with Crippen LogP contribution in [0.2, 0.25) is 0 Å². The molecule has 8 aromatic rings. The van der Waals surface area contributed by atoms with E-state index in [9.17, 15) is 0 Å². The first-order chi connectivity index (χ1) is 30.2. The van der Waals surface area contributed by atoms with Crippen molar-refractivity contribution in [2.24, 2.45) is 11.3 Å². The van der Waals surface area contributed by atoms with Crippen LogP contribution in [0.3, 0.4) is 0 Å². The Kier molecular flexibility index (Phi) is 8.27. The monoisotopic (exact) mass is 907 g/mol. The van der Waals surface area contributed by atoms with Gasteiger partial charge in [0, 0.05) is 57.0 Å². The van der Waals surface area contributed by atoms with E-state index in [4.69, 9.17) is 18.1 Å². The molecule has 3 heterocycles. The largest absolute Gasteiger partial charge is 0.500 e. The Morgan fingerprint density at radius 3 is 2.29 bits per heavy atom. The van der Waals surface area contributed by atoms with Crippen molar-refractivity contribution in [3.63, 3.8) is 0 Å². The van der Waals surface area contributed by atoms with Gasteiger partial charge in [-0.3, -0.25) is 0 Å². The molecule has 3 aromatic heterocycles. The van der Waals surface area contributed by atoms with Gasteiger partial charge in [0.25, 0.3) is 0 Å². The molecule has 1 saturated carbocycles. The Hall–Kier alpha value is -4.89. The van der Waals surface area contributed by atoms with E-state index in [2.05, 4.69) is 28.2 Å². The summed E-state index contributed by atoms with van der Waals surface area (Å²) in [5.41, 5.74) is 5.53. The fourth-order valence-corrected chi connectivity index (χ4v) is 7.22. The maximum atomic E-state index is 8.94. The number of hydrogen-bond acceptors (Lipinski definition) is 3. The zero-order chi connectivity index (χ0) is 45.8. The summed E-state index contributed by atoms with van der Waals surface area (Å²) in [6.07, 6.45) is 3.01. The van der Waals surface area contributed by atoms with Crippen LogP contribution in [-0.2, 0) is 32.9 Å². The molecule has 0 N–H and O–H groups in total. The molecule has 55 heavy (non-hydrogen) atoms. The molecule has 1 aliphatic carbocycles. The summed E-state index contributed by atoms with van der Waals surface area (Å²) >= 11 is 0. The van der Waals surface area contributed by atoms with E-state index in [-0.39, 0.29) is 42.7 Å². The van der Waals surface area contributed by atoms with Gasteiger partial charge in [-0.2, -0.15) is 0 Å². The molecular formula is C51H48IrN2O-2. The molecule has 1 fully saturated rings. The fraction of sp³-hybridized carbons (Fsp3) is 0.255. The van der Waals surface area contributed by atoms with Crippen LogP contribution in [-0.4, -0.2) is 9.97 Å². The third-order valence-corrected chi connectivity index (χ3v) is 9.79. The van der Waals surface area contributed by atoms with Gasteiger partial charge in [0.05, 0.1) is 5.58 Å². The molecule has 9 rings (SSSR count). The predicted molar refractivity (Wildman–Crippen MR) is 226 cm³/mol. The van der Waals surface area contributed by atoms with E-state index < -0.39 is 31.9 Å². The van der Waals surface area contributed by atoms with Crippen molar-refractivity contribution in [1.82, 2.24) is 9.97 Å². The minimum Gasteiger partial charge on any atom is -0.500 e. The number of aromatic nitrogens is 2. The van der Waals surface area contributed by atoms with E-state index >= 15 is 0 Å². The summed E-state index contributed by atoms with van der Waals surface area (Å²) < 4.78 is 88.7. The first-order valence-electron chi connectivity index (χ1n) is 23.5. The summed E-state index contributed by atoms with van der Waals surface area (Å²) in [5, 5.41) is 3.99. The number of rotatable bonds is 6. The maximum absolute atomic E-state index is 8.94. The average Bonchev–Trinajstić information content (AvgIpc) is 3.96. The topological polar surface area (TPSA) is 38.9 Å². The molecule has 0 aliphatic heterocycles. The van der Waals surface area contributed by atoms with Crippen LogP contribution in [0.15, 0.2) is 126 Å². The van der Waals surface area contributed by atoms with Crippen LogP contribution in [0, 0.1) is 37.2 Å². The third kappa shape index (κ3) is 8.52. The van der Waals surface area contributed by atoms with Crippen molar-refractivity contribution >= 4 is 32.7 Å². The second-order valence-electron chi connectivity index (χ2n) is 14.9. The molecule has 0 spiro atoms. The normalized spacial score (nSPS) is 16.9. The minimum atomic E-state index is -2.46. The zero-order valence-corrected chi connectivity index (χ0v) is 33.5. The fourth-order valence-electron chi connectivity index (χ4n) is 7.22. The van der Waals surface area contributed by atoms with E-state index in [0.29, 0.717) is 39.2 Å². The number of furan rings is 1. The summed E-state index contributed by atoms with van der Waals surface area (Å²) in [6, 6.07) is 40.0. The molecule has 3 nitrogen and oxygen atoms in total. The van der Waals surface area contributed by atoms with Gasteiger partial charge in [0.15, 0.2) is 0 Å². The van der Waals surface area contributed by atoms with Gasteiger partial charge >= 0.3 is 0 Å². The van der Waals surface area contributed by atoms with Crippen LogP contribution in [0.4, 0.5) is 0 Å². The Morgan fingerprint density at radius 2 is 1.53 bits per heavy atom. The number of pyridine rings is 2. The van der Waals surface area contributed by atoms with Crippen molar-refractivity contribution in [3.8, 4) is 33.6 Å². The molecule has 5 aromatic carbocycles. The molecule has 0 unspecified atom stereocenters. The van der Waals surface area contributed by atoms with Gasteiger partial charge in [-0.25, -0.2) is 0 Å². The van der Waals surface area contributed by atoms with Gasteiger partial charge < -0.3 is 14.4 Å². The van der Waals surface area contributed by atoms with E-state index in [1.54, 1.807) is 30.5 Å². The van der Waals surface area contributed by atoms with Crippen LogP contribution in [0.5, 0.6) is 0 Å². The molecule has 0 amide bonds. The van der Waals surface area contributed by atoms with Crippen LogP contribution < -0.4 is 0 Å². The Morgan fingerprint density at radius 1 is 0.764 bits per heavy atom. The van der Waals surface area contributed by atoms with Crippen molar-refractivity contribution < 1.29 is 38.2 Å². The zero-order valence-electron chi connectivity index (χ0n) is 41.1. The Labute approximate surface area is 353 Å². The Balaban J connectivity index is 0.000000195. The number of hydrogen-bond donors (Lipinski definition) is 0. The van der Waals surface area contributed by atoms with Gasteiger partial charge in [-0.15, -0.1) is 47.5 Å². The number of nitrogens with zero attached hydrogens (tertiary/aromatic N) is 2. The average molecular weight is 907 g/mol. The van der Waals surface area contributed by atoms with Crippen LogP contribution in [0.1, 0.15) is 82.4 Å². The summed E-state index contributed by atoms with van der Waals surface area (Å²) in [7, 11) is 0. The predicted octanol–water partition coefficient (Wildman–Crippen LogP) is 13.8. The molecule has 0 bridgehead atoms. The first kappa shape index (κ1) is 27.7. The molecular weight excluding hydrogens is 849 g/mol. The van der Waals surface area contributed by atoms with Crippen LogP contribution >= 0.6 is 0 Å². The van der Waals surface area contributed by atoms with Crippen molar-refractivity contribution in [3.05, 3.63) is 156 Å². The third-order valence-electron chi connectivity index (χ3n) is 9.79. The quantitative estimate of drug-likeness (QED) is 0.156. The summed E-state index contributed by atoms with van der Waals surface area (Å²) in [4.78, 5) is 8.92. The first-order valence-corrected chi connectivity index (χ1v) is 18.5. The molecule has 279 valence electrons. The molecule has 4 heteroatoms. The number of benzene rings is 5.